The number of likely N-dealkylation sites (tertiary alicyclic amines) is 2. The fourth-order valence-electron chi connectivity index (χ4n) is 18.9. The fourth-order valence-corrected chi connectivity index (χ4v) is 23.8. The standard InChI is InChI=1S/C21H23NO6S.C21H27NO6S.C14H17NO6S.C13H15NO3.C13H13NO3.C11H13NO2.C8H12O4.C4H6O3/c1-2-26-16-8-10-17(11-9-16)29(24,25)22-12-19(20-18(22)14-28-21(20)23)27-13-15-6-4-3-5-7-15;1-2-27-17-8-10-18(11-9-17)29(25,26)22-12-21(19(13-23)20(22)14-24)28-15-16-6-4-3-5-7-16;1-2-20-9-3-5-10(6-4-9)22(18,19)15-7-12(16)13-11(15)8-21-14(13)17;2*15-11-7-14(6-9-4-2-1-3-5-9)10-8-17-13(16)12(10)11;13-11-6-10(8-14-11)12-7-9-4-2-1-3-5-9;1-11-7(9)3-2-6-4-8(10)12-5-6;5-3-1-4(6)7-2-3/h3-11,18-20H,2,12-14H2,1H3;3-11,19-21,23-24H,2,12-15H2,1H3;3-6,11-13,16H,2,7-8H2,1H3;1-5,10-12,15H,6-8H2;1-5,10,12H,6-8H2;1-5,10,12H,6-8H2;6H,2-5H2,1H3;3,5H,1-2H2/t18-,19-,20+;19-,20+,21+;11-,12-,13+;10-,11-,12+;10-,12+;10-;6-;3-/m01000110/s1. The highest BCUT2D eigenvalue weighted by Crippen LogP contribution is 2.41. The van der Waals surface area contributed by atoms with Crippen LogP contribution in [0.3, 0.4) is 0 Å². The Morgan fingerprint density at radius 1 is 0.401 bits per heavy atom. The van der Waals surface area contributed by atoms with Crippen molar-refractivity contribution in [3.8, 4) is 17.2 Å². The molecule has 17 atom stereocenters. The maximum atomic E-state index is 13.2. The molecule has 0 aliphatic carbocycles. The summed E-state index contributed by atoms with van der Waals surface area (Å²) in [6, 6.07) is 66.0. The van der Waals surface area contributed by atoms with Crippen LogP contribution in [-0.4, -0.2) is 313 Å². The van der Waals surface area contributed by atoms with Crippen molar-refractivity contribution in [3.63, 3.8) is 0 Å². The van der Waals surface area contributed by atoms with Gasteiger partial charge in [-0.05, 0) is 128 Å². The van der Waals surface area contributed by atoms with Gasteiger partial charge in [0.15, 0.2) is 5.78 Å². The molecule has 0 saturated carbocycles. The van der Waals surface area contributed by atoms with E-state index in [1.54, 1.807) is 36.4 Å². The lowest BCUT2D eigenvalue weighted by Gasteiger charge is -2.25. The lowest BCUT2D eigenvalue weighted by atomic mass is 10.00. The first-order chi connectivity index (χ1) is 70.8. The number of hydrogen-bond donors (Lipinski definition) is 6. The third-order valence-corrected chi connectivity index (χ3v) is 32.2. The second-order valence-electron chi connectivity index (χ2n) is 36.3. The Balaban J connectivity index is 0.000000144. The lowest BCUT2D eigenvalue weighted by Crippen LogP contribution is -2.41. The van der Waals surface area contributed by atoms with Gasteiger partial charge >= 0.3 is 47.8 Å². The molecule has 792 valence electrons. The van der Waals surface area contributed by atoms with E-state index in [0.29, 0.717) is 122 Å². The Morgan fingerprint density at radius 3 is 1.24 bits per heavy atom. The zero-order valence-electron chi connectivity index (χ0n) is 81.9. The van der Waals surface area contributed by atoms with Crippen molar-refractivity contribution in [2.45, 2.75) is 167 Å². The summed E-state index contributed by atoms with van der Waals surface area (Å²) in [5.41, 5.74) is 5.49. The van der Waals surface area contributed by atoms with Crippen molar-refractivity contribution in [3.05, 3.63) is 252 Å². The molecule has 0 amide bonds. The average Bonchev–Trinajstić information content (AvgIpc) is 1.59. The van der Waals surface area contributed by atoms with Gasteiger partial charge in [0.1, 0.15) is 80.6 Å². The van der Waals surface area contributed by atoms with Gasteiger partial charge in [0.2, 0.25) is 30.1 Å². The number of esters is 8. The quantitative estimate of drug-likeness (QED) is 0.0177. The molecule has 12 heterocycles. The van der Waals surface area contributed by atoms with Crippen LogP contribution < -0.4 is 19.5 Å². The molecule has 20 rings (SSSR count). The average molecular weight is 2100 g/mol. The molecule has 39 nitrogen and oxygen atoms in total. The summed E-state index contributed by atoms with van der Waals surface area (Å²) in [7, 11) is -10.1. The largest absolute Gasteiger partial charge is 0.494 e. The highest BCUT2D eigenvalue weighted by Gasteiger charge is 2.58. The van der Waals surface area contributed by atoms with E-state index in [4.69, 9.17) is 57.2 Å². The van der Waals surface area contributed by atoms with Gasteiger partial charge in [0, 0.05) is 64.1 Å². The number of carbonyl (C=O) groups excluding carboxylic acids is 9. The minimum Gasteiger partial charge on any atom is -0.494 e. The summed E-state index contributed by atoms with van der Waals surface area (Å²) in [5, 5.41) is 51.4. The number of aliphatic hydroxyl groups is 5. The van der Waals surface area contributed by atoms with Gasteiger partial charge in [-0.1, -0.05) is 152 Å². The number of hydrogen-bond acceptors (Lipinski definition) is 36. The van der Waals surface area contributed by atoms with Crippen LogP contribution in [0.2, 0.25) is 0 Å². The third-order valence-electron chi connectivity index (χ3n) is 26.5. The van der Waals surface area contributed by atoms with Gasteiger partial charge < -0.3 is 92.4 Å². The van der Waals surface area contributed by atoms with Crippen molar-refractivity contribution in [2.24, 2.45) is 35.5 Å². The predicted molar refractivity (Wildman–Crippen MR) is 524 cm³/mol. The number of nitrogens with zero attached hydrogens (tertiary/aromatic N) is 5. The van der Waals surface area contributed by atoms with E-state index in [9.17, 15) is 88.8 Å². The number of β-amino-alcohol motifs (C(OH)–C–C–N with tert-alkyl or cyclic N) is 2. The number of ketones is 1. The van der Waals surface area contributed by atoms with E-state index in [1.807, 2.05) is 153 Å². The van der Waals surface area contributed by atoms with Crippen LogP contribution in [0, 0.1) is 35.5 Å². The Labute approximate surface area is 853 Å². The number of Topliss-reactive ketones (excluding diaryl/α,β-unsaturated/α-hetero) is 1. The smallest absolute Gasteiger partial charge is 0.318 e. The zero-order chi connectivity index (χ0) is 105. The molecule has 12 saturated heterocycles. The molecule has 8 aromatic carbocycles. The number of ether oxygens (including phenoxy) is 13. The first-order valence-corrected chi connectivity index (χ1v) is 53.0. The summed E-state index contributed by atoms with van der Waals surface area (Å²) in [5.74, 6) is -3.18. The van der Waals surface area contributed by atoms with E-state index in [1.165, 1.54) is 63.2 Å². The lowest BCUT2D eigenvalue weighted by molar-refractivity contribution is -0.145. The molecule has 6 N–H and O–H groups in total. The molecule has 12 aliphatic rings. The Bertz CT molecular complexity index is 6020. The molecule has 42 heteroatoms. The minimum absolute atomic E-state index is 0.00608. The number of benzene rings is 8. The first-order valence-electron chi connectivity index (χ1n) is 48.7. The molecule has 12 aliphatic heterocycles. The molecule has 0 spiro atoms. The molecule has 8 aromatic rings. The SMILES string of the molecule is CCOc1ccc(S(=O)(=O)N2C[C@H](O)[C@@H]3C(=O)OC[C@@H]32)cc1.CCOc1ccc(S(=O)(=O)N2C[C@H](OCc3ccccc3)[C@@H]3C(=O)OC[C@@H]32)cc1.CCOc1ccc(S(=O)(=O)N2C[C@H](OCc3ccccc3)[C@H](CO)[C@@H]2CO)cc1.COC(=O)CC[C@H]1COC(=O)C1.O=C1CN(Cc2ccccc2)[C@H]2COC(=O)[C@@H]12.O=C1C[C@@H](NCc2ccccc2)CO1.O=C1C[C@H](O)CO1.O=C1OC[C@H]2[C@@H]1[C@@H](O)CN2Cc1ccccc1. The summed E-state index contributed by atoms with van der Waals surface area (Å²) in [6.45, 7) is 12.2. The maximum absolute atomic E-state index is 13.2. The van der Waals surface area contributed by atoms with Crippen LogP contribution in [0.4, 0.5) is 0 Å². The Kier molecular flexibility index (Phi) is 40.9. The fraction of sp³-hybridized carbons (Fsp3) is 0.457. The summed E-state index contributed by atoms with van der Waals surface area (Å²) in [4.78, 5) is 105. The monoisotopic (exact) mass is 2090 g/mol. The summed E-state index contributed by atoms with van der Waals surface area (Å²) in [6.07, 6.45) is -1.08. The molecular formula is C105H126N6O33S3. The second kappa shape index (κ2) is 53.7. The second-order valence-corrected chi connectivity index (χ2v) is 42.0. The van der Waals surface area contributed by atoms with Crippen LogP contribution in [0.5, 0.6) is 17.2 Å². The molecular weight excluding hydrogens is 1970 g/mol. The predicted octanol–water partition coefficient (Wildman–Crippen LogP) is 5.76. The van der Waals surface area contributed by atoms with Gasteiger partial charge in [-0.2, -0.15) is 12.9 Å². The van der Waals surface area contributed by atoms with E-state index in [-0.39, 0.29) is 139 Å². The van der Waals surface area contributed by atoms with Gasteiger partial charge in [-0.25, -0.2) is 25.3 Å². The van der Waals surface area contributed by atoms with Crippen molar-refractivity contribution in [1.29, 1.82) is 0 Å². The highest BCUT2D eigenvalue weighted by molar-refractivity contribution is 7.89. The molecule has 0 aromatic heterocycles. The molecule has 0 radical (unpaired) electrons. The third kappa shape index (κ3) is 29.7. The van der Waals surface area contributed by atoms with Gasteiger partial charge in [-0.15, -0.1) is 0 Å². The van der Waals surface area contributed by atoms with Gasteiger partial charge in [0.05, 0.1) is 167 Å². The first kappa shape index (κ1) is 112. The molecule has 147 heavy (non-hydrogen) atoms. The number of sulfonamides is 3. The van der Waals surface area contributed by atoms with E-state index in [2.05, 4.69) is 44.0 Å². The Morgan fingerprint density at radius 2 is 0.803 bits per heavy atom. The van der Waals surface area contributed by atoms with Crippen molar-refractivity contribution in [2.75, 3.05) is 119 Å². The normalized spacial score (nSPS) is 25.8. The zero-order valence-corrected chi connectivity index (χ0v) is 84.3. The van der Waals surface area contributed by atoms with Crippen LogP contribution in [0.15, 0.2) is 239 Å². The van der Waals surface area contributed by atoms with Crippen LogP contribution >= 0.6 is 0 Å². The Hall–Kier alpha value is -12.1. The van der Waals surface area contributed by atoms with Crippen molar-refractivity contribution >= 4 is 83.6 Å². The number of aliphatic hydroxyl groups excluding tert-OH is 5. The molecule has 0 bridgehead atoms. The summed E-state index contributed by atoms with van der Waals surface area (Å²) >= 11 is 0. The number of cyclic esters (lactones) is 7. The van der Waals surface area contributed by atoms with Gasteiger partial charge in [0.25, 0.3) is 0 Å². The van der Waals surface area contributed by atoms with E-state index >= 15 is 0 Å². The van der Waals surface area contributed by atoms with Crippen LogP contribution in [0.1, 0.15) is 80.7 Å². The minimum atomic E-state index is -3.86. The van der Waals surface area contributed by atoms with Crippen LogP contribution in [-0.2, 0) is 153 Å². The molecule has 12 fully saturated rings. The number of fused-ring (bicyclic) bond motifs is 4. The number of nitrogens with one attached hydrogen (secondary N) is 1. The van der Waals surface area contributed by atoms with Crippen molar-refractivity contribution < 1.29 is 156 Å². The number of carbonyl (C=O) groups is 9. The number of methoxy groups -OCH3 is 1. The van der Waals surface area contributed by atoms with Crippen molar-refractivity contribution in [1.82, 2.24) is 28.0 Å². The maximum Gasteiger partial charge on any atom is 0.318 e. The van der Waals surface area contributed by atoms with Crippen LogP contribution in [0.25, 0.3) is 0 Å². The topological polar surface area (TPSA) is 505 Å². The highest BCUT2D eigenvalue weighted by atomic mass is 32.2. The van der Waals surface area contributed by atoms with E-state index < -0.39 is 121 Å². The number of rotatable bonds is 30. The van der Waals surface area contributed by atoms with Gasteiger partial charge in [-0.3, -0.25) is 53.0 Å². The summed E-state index contributed by atoms with van der Waals surface area (Å²) < 4.78 is 148. The molecule has 0 unspecified atom stereocenters. The van der Waals surface area contributed by atoms with E-state index in [0.717, 1.165) is 34.1 Å².